The summed E-state index contributed by atoms with van der Waals surface area (Å²) in [6.45, 7) is 9.37. The first-order valence-electron chi connectivity index (χ1n) is 6.58. The van der Waals surface area contributed by atoms with Gasteiger partial charge in [-0.05, 0) is 25.8 Å². The molecule has 0 saturated heterocycles. The molecule has 98 valence electrons. The lowest BCUT2D eigenvalue weighted by atomic mass is 9.95. The minimum Gasteiger partial charge on any atom is -0.330 e. The average molecular weight is 246 g/mol. The van der Waals surface area contributed by atoms with Gasteiger partial charge < -0.3 is 10.3 Å². The van der Waals surface area contributed by atoms with E-state index in [1.807, 2.05) is 18.5 Å². The molecule has 2 aromatic rings. The van der Waals surface area contributed by atoms with Crippen LogP contribution in [0.4, 0.5) is 0 Å². The highest BCUT2D eigenvalue weighted by molar-refractivity contribution is 5.75. The number of rotatable bonds is 4. The highest BCUT2D eigenvalue weighted by Crippen LogP contribution is 2.29. The summed E-state index contributed by atoms with van der Waals surface area (Å²) in [4.78, 5) is 8.90. The Hall–Kier alpha value is -1.42. The third-order valence-electron chi connectivity index (χ3n) is 3.43. The summed E-state index contributed by atoms with van der Waals surface area (Å²) >= 11 is 0. The SMILES string of the molecule is CC(C)C(CN)c1nc2cnccc2n1C(C)C. The number of imidazole rings is 1. The first-order chi connectivity index (χ1) is 8.56. The lowest BCUT2D eigenvalue weighted by Gasteiger charge is -2.22. The minimum atomic E-state index is 0.291. The Morgan fingerprint density at radius 2 is 2.00 bits per heavy atom. The topological polar surface area (TPSA) is 56.7 Å². The molecule has 2 heterocycles. The molecule has 0 saturated carbocycles. The predicted molar refractivity (Wildman–Crippen MR) is 74.5 cm³/mol. The molecule has 0 aliphatic heterocycles. The smallest absolute Gasteiger partial charge is 0.114 e. The van der Waals surface area contributed by atoms with Crippen LogP contribution < -0.4 is 5.73 Å². The molecule has 2 N–H and O–H groups in total. The molecule has 0 fully saturated rings. The summed E-state index contributed by atoms with van der Waals surface area (Å²) in [5.74, 6) is 1.86. The van der Waals surface area contributed by atoms with E-state index in [2.05, 4.69) is 37.2 Å². The van der Waals surface area contributed by atoms with Crippen molar-refractivity contribution in [1.29, 1.82) is 0 Å². The second-order valence-electron chi connectivity index (χ2n) is 5.38. The van der Waals surface area contributed by atoms with E-state index < -0.39 is 0 Å². The van der Waals surface area contributed by atoms with E-state index in [0.717, 1.165) is 16.9 Å². The summed E-state index contributed by atoms with van der Waals surface area (Å²) in [7, 11) is 0. The van der Waals surface area contributed by atoms with Crippen molar-refractivity contribution in [3.05, 3.63) is 24.3 Å². The first kappa shape index (κ1) is 13.0. The number of nitrogens with zero attached hydrogens (tertiary/aromatic N) is 3. The molecule has 0 aromatic carbocycles. The third-order valence-corrected chi connectivity index (χ3v) is 3.43. The van der Waals surface area contributed by atoms with Gasteiger partial charge in [0.15, 0.2) is 0 Å². The van der Waals surface area contributed by atoms with Crippen molar-refractivity contribution in [1.82, 2.24) is 14.5 Å². The maximum Gasteiger partial charge on any atom is 0.114 e. The standard InChI is InChI=1S/C14H22N4/c1-9(2)11(7-15)14-17-12-8-16-6-5-13(12)18(14)10(3)4/h5-6,8-11H,7,15H2,1-4H3. The van der Waals surface area contributed by atoms with E-state index in [4.69, 9.17) is 10.7 Å². The summed E-state index contributed by atoms with van der Waals surface area (Å²) < 4.78 is 2.29. The molecular formula is C14H22N4. The van der Waals surface area contributed by atoms with Crippen molar-refractivity contribution >= 4 is 11.0 Å². The molecule has 18 heavy (non-hydrogen) atoms. The molecule has 0 aliphatic rings. The van der Waals surface area contributed by atoms with Crippen LogP contribution in [0.2, 0.25) is 0 Å². The Morgan fingerprint density at radius 1 is 1.28 bits per heavy atom. The van der Waals surface area contributed by atoms with Crippen LogP contribution in [-0.2, 0) is 0 Å². The molecule has 0 spiro atoms. The normalized spacial score (nSPS) is 13.7. The fraction of sp³-hybridized carbons (Fsp3) is 0.571. The quantitative estimate of drug-likeness (QED) is 0.902. The summed E-state index contributed by atoms with van der Waals surface area (Å²) in [6, 6.07) is 2.40. The van der Waals surface area contributed by atoms with Gasteiger partial charge in [-0.1, -0.05) is 13.8 Å². The Labute approximate surface area is 108 Å². The Balaban J connectivity index is 2.65. The van der Waals surface area contributed by atoms with Crippen molar-refractivity contribution in [2.24, 2.45) is 11.7 Å². The van der Waals surface area contributed by atoms with E-state index in [0.29, 0.717) is 24.4 Å². The molecule has 2 rings (SSSR count). The Morgan fingerprint density at radius 3 is 2.56 bits per heavy atom. The number of hydrogen-bond acceptors (Lipinski definition) is 3. The molecule has 0 bridgehead atoms. The maximum atomic E-state index is 5.93. The third kappa shape index (κ3) is 2.12. The Bertz CT molecular complexity index is 528. The van der Waals surface area contributed by atoms with E-state index >= 15 is 0 Å². The zero-order valence-corrected chi connectivity index (χ0v) is 11.6. The predicted octanol–water partition coefficient (Wildman–Crippen LogP) is 2.71. The lowest BCUT2D eigenvalue weighted by Crippen LogP contribution is -2.22. The Kier molecular flexibility index (Phi) is 3.66. The summed E-state index contributed by atoms with van der Waals surface area (Å²) in [5, 5.41) is 0. The van der Waals surface area contributed by atoms with E-state index in [-0.39, 0.29) is 0 Å². The van der Waals surface area contributed by atoms with E-state index in [9.17, 15) is 0 Å². The molecule has 4 heteroatoms. The second-order valence-corrected chi connectivity index (χ2v) is 5.38. The number of aromatic nitrogens is 3. The van der Waals surface area contributed by atoms with Gasteiger partial charge in [-0.25, -0.2) is 4.98 Å². The molecular weight excluding hydrogens is 224 g/mol. The van der Waals surface area contributed by atoms with Gasteiger partial charge in [0, 0.05) is 24.7 Å². The van der Waals surface area contributed by atoms with Crippen molar-refractivity contribution < 1.29 is 0 Å². The molecule has 0 radical (unpaired) electrons. The van der Waals surface area contributed by atoms with Gasteiger partial charge in [-0.2, -0.15) is 0 Å². The van der Waals surface area contributed by atoms with Crippen LogP contribution in [-0.4, -0.2) is 21.1 Å². The van der Waals surface area contributed by atoms with Crippen LogP contribution >= 0.6 is 0 Å². The van der Waals surface area contributed by atoms with Crippen LogP contribution in [0.5, 0.6) is 0 Å². The van der Waals surface area contributed by atoms with Crippen LogP contribution in [0.15, 0.2) is 18.5 Å². The average Bonchev–Trinajstić information content (AvgIpc) is 2.68. The van der Waals surface area contributed by atoms with Gasteiger partial charge in [0.05, 0.1) is 11.7 Å². The van der Waals surface area contributed by atoms with Gasteiger partial charge >= 0.3 is 0 Å². The van der Waals surface area contributed by atoms with Gasteiger partial charge in [-0.3, -0.25) is 4.98 Å². The van der Waals surface area contributed by atoms with Crippen LogP contribution in [0.25, 0.3) is 11.0 Å². The second kappa shape index (κ2) is 5.06. The van der Waals surface area contributed by atoms with Crippen LogP contribution in [0, 0.1) is 5.92 Å². The largest absolute Gasteiger partial charge is 0.330 e. The van der Waals surface area contributed by atoms with Crippen LogP contribution in [0.1, 0.15) is 45.5 Å². The maximum absolute atomic E-state index is 5.93. The van der Waals surface area contributed by atoms with Gasteiger partial charge in [0.2, 0.25) is 0 Å². The van der Waals surface area contributed by atoms with Gasteiger partial charge in [0.1, 0.15) is 11.3 Å². The molecule has 1 unspecified atom stereocenters. The highest BCUT2D eigenvalue weighted by Gasteiger charge is 2.23. The zero-order valence-electron chi connectivity index (χ0n) is 11.6. The van der Waals surface area contributed by atoms with Crippen molar-refractivity contribution in [2.75, 3.05) is 6.54 Å². The molecule has 0 amide bonds. The van der Waals surface area contributed by atoms with Crippen molar-refractivity contribution in [3.63, 3.8) is 0 Å². The van der Waals surface area contributed by atoms with Crippen molar-refractivity contribution in [3.8, 4) is 0 Å². The highest BCUT2D eigenvalue weighted by atomic mass is 15.1. The van der Waals surface area contributed by atoms with E-state index in [1.54, 1.807) is 0 Å². The lowest BCUT2D eigenvalue weighted by molar-refractivity contribution is 0.449. The van der Waals surface area contributed by atoms with Gasteiger partial charge in [-0.15, -0.1) is 0 Å². The number of hydrogen-bond donors (Lipinski definition) is 1. The van der Waals surface area contributed by atoms with Gasteiger partial charge in [0.25, 0.3) is 0 Å². The molecule has 1 atom stereocenters. The van der Waals surface area contributed by atoms with E-state index in [1.165, 1.54) is 0 Å². The minimum absolute atomic E-state index is 0.291. The van der Waals surface area contributed by atoms with Crippen molar-refractivity contribution in [2.45, 2.75) is 39.7 Å². The molecule has 4 nitrogen and oxygen atoms in total. The summed E-state index contributed by atoms with van der Waals surface area (Å²) in [6.07, 6.45) is 3.64. The van der Waals surface area contributed by atoms with Crippen LogP contribution in [0.3, 0.4) is 0 Å². The number of fused-ring (bicyclic) bond motifs is 1. The number of nitrogens with two attached hydrogens (primary N) is 1. The fourth-order valence-electron chi connectivity index (χ4n) is 2.45. The molecule has 0 aliphatic carbocycles. The zero-order chi connectivity index (χ0) is 13.3. The summed E-state index contributed by atoms with van der Waals surface area (Å²) in [5.41, 5.74) is 8.03. The fourth-order valence-corrected chi connectivity index (χ4v) is 2.45. The molecule has 2 aromatic heterocycles. The monoisotopic (exact) mass is 246 g/mol. The number of pyridine rings is 1. The first-order valence-corrected chi connectivity index (χ1v) is 6.58.